The molecule has 1 aromatic heterocycles. The second-order valence-corrected chi connectivity index (χ2v) is 14.2. The molecule has 56 heavy (non-hydrogen) atoms. The van der Waals surface area contributed by atoms with Gasteiger partial charge in [-0.3, -0.25) is 0 Å². The first-order valence-electron chi connectivity index (χ1n) is 19.1. The van der Waals surface area contributed by atoms with Crippen molar-refractivity contribution in [3.63, 3.8) is 0 Å². The quantitative estimate of drug-likeness (QED) is 0.156. The lowest BCUT2D eigenvalue weighted by molar-refractivity contribution is 0.631. The van der Waals surface area contributed by atoms with E-state index >= 15 is 0 Å². The van der Waals surface area contributed by atoms with E-state index < -0.39 is 0 Å². The second kappa shape index (κ2) is 14.4. The monoisotopic (exact) mass is 715 g/mol. The molecule has 0 unspecified atom stereocenters. The molecule has 10 aromatic rings. The summed E-state index contributed by atoms with van der Waals surface area (Å²) in [6.45, 7) is 0. The fourth-order valence-electron chi connectivity index (χ4n) is 7.71. The zero-order valence-electron chi connectivity index (χ0n) is 30.7. The minimum atomic E-state index is 0.881. The Bertz CT molecular complexity index is 2910. The van der Waals surface area contributed by atoms with Crippen LogP contribution in [0.15, 0.2) is 229 Å². The Morgan fingerprint density at radius 3 is 1.39 bits per heavy atom. The molecule has 2 nitrogen and oxygen atoms in total. The number of anilines is 3. The van der Waals surface area contributed by atoms with Crippen LogP contribution in [-0.4, -0.2) is 0 Å². The lowest BCUT2D eigenvalue weighted by atomic mass is 9.98. The van der Waals surface area contributed by atoms with E-state index in [9.17, 15) is 0 Å². The summed E-state index contributed by atoms with van der Waals surface area (Å²) in [7, 11) is 0. The van der Waals surface area contributed by atoms with Gasteiger partial charge in [0.15, 0.2) is 0 Å². The van der Waals surface area contributed by atoms with Crippen molar-refractivity contribution in [3.8, 4) is 55.8 Å². The summed E-state index contributed by atoms with van der Waals surface area (Å²) in [6, 6.07) is 80.1. The number of furan rings is 1. The molecule has 0 spiro atoms. The maximum atomic E-state index is 6.16. The highest BCUT2D eigenvalue weighted by molar-refractivity contribution is 5.89. The van der Waals surface area contributed by atoms with E-state index in [0.717, 1.165) is 44.9 Å². The number of hydrogen-bond acceptors (Lipinski definition) is 2. The molecule has 0 saturated heterocycles. The SMILES string of the molecule is c1ccc(-c2cccc(N(c3ccc(-c4ccc(-c5cccc(-c6cc7ccccc7o6)c5)cc4)cc3)c3ccc(-c4ccc5ccccc5c4)cc3)c2)cc1. The van der Waals surface area contributed by atoms with Crippen molar-refractivity contribution in [1.29, 1.82) is 0 Å². The van der Waals surface area contributed by atoms with Crippen LogP contribution in [-0.2, 0) is 0 Å². The molecule has 0 fully saturated rings. The highest BCUT2D eigenvalue weighted by Gasteiger charge is 2.15. The van der Waals surface area contributed by atoms with Gasteiger partial charge in [-0.05, 0) is 116 Å². The molecule has 0 bridgehead atoms. The molecule has 10 rings (SSSR count). The Labute approximate surface area is 327 Å². The van der Waals surface area contributed by atoms with E-state index in [2.05, 4.69) is 211 Å². The van der Waals surface area contributed by atoms with Gasteiger partial charge in [0.05, 0.1) is 0 Å². The summed E-state index contributed by atoms with van der Waals surface area (Å²) < 4.78 is 6.16. The average molecular weight is 716 g/mol. The molecule has 0 radical (unpaired) electrons. The maximum Gasteiger partial charge on any atom is 0.135 e. The van der Waals surface area contributed by atoms with Gasteiger partial charge in [-0.15, -0.1) is 0 Å². The molecule has 9 aromatic carbocycles. The molecule has 0 N–H and O–H groups in total. The van der Waals surface area contributed by atoms with E-state index in [0.29, 0.717) is 0 Å². The molecule has 0 aliphatic carbocycles. The van der Waals surface area contributed by atoms with Crippen molar-refractivity contribution >= 4 is 38.8 Å². The average Bonchev–Trinajstić information content (AvgIpc) is 3.72. The Kier molecular flexibility index (Phi) is 8.55. The largest absolute Gasteiger partial charge is 0.456 e. The number of rotatable bonds is 8. The molecular formula is C54H37NO. The topological polar surface area (TPSA) is 16.4 Å². The van der Waals surface area contributed by atoms with Gasteiger partial charge in [0.2, 0.25) is 0 Å². The highest BCUT2D eigenvalue weighted by Crippen LogP contribution is 2.39. The van der Waals surface area contributed by atoms with Gasteiger partial charge < -0.3 is 9.32 Å². The lowest BCUT2D eigenvalue weighted by Crippen LogP contribution is -2.10. The summed E-state index contributed by atoms with van der Waals surface area (Å²) >= 11 is 0. The molecule has 264 valence electrons. The highest BCUT2D eigenvalue weighted by atomic mass is 16.3. The van der Waals surface area contributed by atoms with Crippen LogP contribution in [0.5, 0.6) is 0 Å². The minimum Gasteiger partial charge on any atom is -0.456 e. The predicted molar refractivity (Wildman–Crippen MR) is 236 cm³/mol. The smallest absolute Gasteiger partial charge is 0.135 e. The Morgan fingerprint density at radius 2 is 0.714 bits per heavy atom. The van der Waals surface area contributed by atoms with E-state index in [4.69, 9.17) is 4.42 Å². The van der Waals surface area contributed by atoms with Gasteiger partial charge in [0.25, 0.3) is 0 Å². The van der Waals surface area contributed by atoms with Crippen LogP contribution in [0.25, 0.3) is 77.6 Å². The van der Waals surface area contributed by atoms with Crippen molar-refractivity contribution in [2.75, 3.05) is 4.90 Å². The first kappa shape index (κ1) is 33.2. The van der Waals surface area contributed by atoms with E-state index in [1.165, 1.54) is 49.7 Å². The zero-order chi connectivity index (χ0) is 37.3. The van der Waals surface area contributed by atoms with Gasteiger partial charge in [0.1, 0.15) is 11.3 Å². The normalized spacial score (nSPS) is 11.2. The van der Waals surface area contributed by atoms with Crippen molar-refractivity contribution in [3.05, 3.63) is 224 Å². The number of nitrogens with zero attached hydrogens (tertiary/aromatic N) is 1. The Morgan fingerprint density at radius 1 is 0.250 bits per heavy atom. The minimum absolute atomic E-state index is 0.881. The van der Waals surface area contributed by atoms with Crippen LogP contribution in [0.3, 0.4) is 0 Å². The first-order valence-corrected chi connectivity index (χ1v) is 19.1. The summed E-state index contributed by atoms with van der Waals surface area (Å²) in [5.41, 5.74) is 14.7. The Hall–Kier alpha value is -7.42. The molecule has 0 atom stereocenters. The third-order valence-corrected chi connectivity index (χ3v) is 10.7. The molecule has 0 saturated carbocycles. The number of fused-ring (bicyclic) bond motifs is 2. The maximum absolute atomic E-state index is 6.16. The van der Waals surface area contributed by atoms with Crippen LogP contribution in [0.4, 0.5) is 17.1 Å². The van der Waals surface area contributed by atoms with Gasteiger partial charge in [-0.2, -0.15) is 0 Å². The van der Waals surface area contributed by atoms with Crippen molar-refractivity contribution < 1.29 is 4.42 Å². The summed E-state index contributed by atoms with van der Waals surface area (Å²) in [4.78, 5) is 2.35. The first-order chi connectivity index (χ1) is 27.7. The Balaban J connectivity index is 0.956. The summed E-state index contributed by atoms with van der Waals surface area (Å²) in [6.07, 6.45) is 0. The van der Waals surface area contributed by atoms with Crippen LogP contribution >= 0.6 is 0 Å². The van der Waals surface area contributed by atoms with Crippen molar-refractivity contribution in [2.45, 2.75) is 0 Å². The van der Waals surface area contributed by atoms with Crippen LogP contribution in [0.1, 0.15) is 0 Å². The van der Waals surface area contributed by atoms with Gasteiger partial charge in [0, 0.05) is 28.0 Å². The van der Waals surface area contributed by atoms with Gasteiger partial charge in [-0.25, -0.2) is 0 Å². The third-order valence-electron chi connectivity index (χ3n) is 10.7. The molecule has 0 aliphatic heterocycles. The van der Waals surface area contributed by atoms with Crippen molar-refractivity contribution in [2.24, 2.45) is 0 Å². The fraction of sp³-hybridized carbons (Fsp3) is 0. The van der Waals surface area contributed by atoms with Crippen molar-refractivity contribution in [1.82, 2.24) is 0 Å². The van der Waals surface area contributed by atoms with Crippen LogP contribution < -0.4 is 4.90 Å². The predicted octanol–water partition coefficient (Wildman–Crippen LogP) is 15.4. The van der Waals surface area contributed by atoms with E-state index in [-0.39, 0.29) is 0 Å². The van der Waals surface area contributed by atoms with Crippen LogP contribution in [0, 0.1) is 0 Å². The van der Waals surface area contributed by atoms with Gasteiger partial charge >= 0.3 is 0 Å². The van der Waals surface area contributed by atoms with Crippen LogP contribution in [0.2, 0.25) is 0 Å². The number of benzene rings is 9. The standard InChI is InChI=1S/C54H37NO/c1-2-10-38(11-3-1)46-16-9-18-52(36-46)55(51-32-28-43(29-33-51)47-25-24-39-12-4-5-13-44(39)34-47)50-30-26-41(27-31-50)40-20-22-42(23-21-40)45-15-8-17-48(35-45)54-37-49-14-6-7-19-53(49)56-54/h1-37H. The van der Waals surface area contributed by atoms with Gasteiger partial charge in [-0.1, -0.05) is 164 Å². The van der Waals surface area contributed by atoms with E-state index in [1.54, 1.807) is 0 Å². The zero-order valence-corrected chi connectivity index (χ0v) is 30.7. The molecule has 2 heteroatoms. The fourth-order valence-corrected chi connectivity index (χ4v) is 7.71. The second-order valence-electron chi connectivity index (χ2n) is 14.2. The van der Waals surface area contributed by atoms with E-state index in [1.807, 2.05) is 18.2 Å². The molecule has 0 amide bonds. The lowest BCUT2D eigenvalue weighted by Gasteiger charge is -2.26. The third kappa shape index (κ3) is 6.55. The number of hydrogen-bond donors (Lipinski definition) is 0. The molecule has 1 heterocycles. The molecular weight excluding hydrogens is 679 g/mol. The summed E-state index contributed by atoms with van der Waals surface area (Å²) in [5, 5.41) is 3.61. The summed E-state index contributed by atoms with van der Waals surface area (Å²) in [5.74, 6) is 0.881. The number of para-hydroxylation sites is 1. The molecule has 0 aliphatic rings.